The standard InChI is InChI=1S/C24H28N2O2/c1-15(2)14-21(27)26-22(19-9-7-17(8-10-19)16(3)4)20-12-11-18-6-5-13-25-23(18)24(20)28/h5-13,15-16,22,28H,14H2,1-4H3,(H,26,27). The van der Waals surface area contributed by atoms with Gasteiger partial charge in [-0.25, -0.2) is 0 Å². The summed E-state index contributed by atoms with van der Waals surface area (Å²) in [5, 5.41) is 14.9. The average molecular weight is 377 g/mol. The van der Waals surface area contributed by atoms with Gasteiger partial charge in [-0.2, -0.15) is 0 Å². The molecule has 0 fully saturated rings. The van der Waals surface area contributed by atoms with Gasteiger partial charge in [0.05, 0.1) is 6.04 Å². The number of hydrogen-bond acceptors (Lipinski definition) is 3. The van der Waals surface area contributed by atoms with Crippen LogP contribution in [-0.4, -0.2) is 16.0 Å². The summed E-state index contributed by atoms with van der Waals surface area (Å²) in [5.74, 6) is 0.770. The molecule has 0 saturated carbocycles. The minimum absolute atomic E-state index is 0.0338. The molecular weight excluding hydrogens is 348 g/mol. The van der Waals surface area contributed by atoms with Gasteiger partial charge in [-0.15, -0.1) is 0 Å². The van der Waals surface area contributed by atoms with Crippen molar-refractivity contribution in [3.05, 3.63) is 71.4 Å². The fraction of sp³-hybridized carbons (Fsp3) is 0.333. The largest absolute Gasteiger partial charge is 0.505 e. The van der Waals surface area contributed by atoms with E-state index in [9.17, 15) is 9.90 Å². The number of nitrogens with zero attached hydrogens (tertiary/aromatic N) is 1. The van der Waals surface area contributed by atoms with Crippen molar-refractivity contribution in [3.8, 4) is 5.75 Å². The number of benzene rings is 2. The lowest BCUT2D eigenvalue weighted by molar-refractivity contribution is -0.122. The van der Waals surface area contributed by atoms with Crippen LogP contribution >= 0.6 is 0 Å². The highest BCUT2D eigenvalue weighted by Crippen LogP contribution is 2.35. The van der Waals surface area contributed by atoms with Crippen molar-refractivity contribution < 1.29 is 9.90 Å². The molecular formula is C24H28N2O2. The van der Waals surface area contributed by atoms with E-state index < -0.39 is 6.04 Å². The number of aromatic hydroxyl groups is 1. The van der Waals surface area contributed by atoms with E-state index in [1.54, 1.807) is 6.20 Å². The fourth-order valence-corrected chi connectivity index (χ4v) is 3.38. The number of phenolic OH excluding ortho intramolecular Hbond substituents is 1. The summed E-state index contributed by atoms with van der Waals surface area (Å²) in [7, 11) is 0. The first-order valence-electron chi connectivity index (χ1n) is 9.82. The van der Waals surface area contributed by atoms with Crippen LogP contribution in [0.3, 0.4) is 0 Å². The summed E-state index contributed by atoms with van der Waals surface area (Å²) < 4.78 is 0. The maximum atomic E-state index is 12.6. The zero-order valence-electron chi connectivity index (χ0n) is 16.9. The van der Waals surface area contributed by atoms with Gasteiger partial charge in [0.2, 0.25) is 5.91 Å². The van der Waals surface area contributed by atoms with Crippen LogP contribution in [0.25, 0.3) is 10.9 Å². The molecule has 1 heterocycles. The Morgan fingerprint density at radius 1 is 1.00 bits per heavy atom. The first-order valence-corrected chi connectivity index (χ1v) is 9.82. The Labute approximate surface area is 166 Å². The molecule has 0 spiro atoms. The van der Waals surface area contributed by atoms with Crippen LogP contribution < -0.4 is 5.32 Å². The number of phenols is 1. The molecule has 1 amide bonds. The van der Waals surface area contributed by atoms with Gasteiger partial charge in [-0.1, -0.05) is 70.2 Å². The van der Waals surface area contributed by atoms with Crippen molar-refractivity contribution in [3.63, 3.8) is 0 Å². The fourth-order valence-electron chi connectivity index (χ4n) is 3.38. The minimum Gasteiger partial charge on any atom is -0.505 e. The predicted octanol–water partition coefficient (Wildman–Crippen LogP) is 5.32. The number of hydrogen-bond donors (Lipinski definition) is 2. The Morgan fingerprint density at radius 3 is 2.32 bits per heavy atom. The summed E-state index contributed by atoms with van der Waals surface area (Å²) in [6.45, 7) is 8.34. The quantitative estimate of drug-likeness (QED) is 0.612. The number of carbonyl (C=O) groups is 1. The molecule has 146 valence electrons. The van der Waals surface area contributed by atoms with Crippen LogP contribution in [-0.2, 0) is 4.79 Å². The summed E-state index contributed by atoms with van der Waals surface area (Å²) in [6.07, 6.45) is 2.10. The predicted molar refractivity (Wildman–Crippen MR) is 113 cm³/mol. The Kier molecular flexibility index (Phi) is 5.98. The first-order chi connectivity index (χ1) is 13.4. The van der Waals surface area contributed by atoms with Gasteiger partial charge in [0, 0.05) is 23.6 Å². The number of fused-ring (bicyclic) bond motifs is 1. The molecule has 0 aliphatic rings. The Bertz CT molecular complexity index is 962. The third kappa shape index (κ3) is 4.33. The number of pyridine rings is 1. The molecule has 4 heteroatoms. The molecule has 1 unspecified atom stereocenters. The third-order valence-electron chi connectivity index (χ3n) is 4.93. The number of carbonyl (C=O) groups excluding carboxylic acids is 1. The van der Waals surface area contributed by atoms with Crippen molar-refractivity contribution in [2.24, 2.45) is 5.92 Å². The van der Waals surface area contributed by atoms with E-state index in [1.165, 1.54) is 5.56 Å². The monoisotopic (exact) mass is 376 g/mol. The van der Waals surface area contributed by atoms with Crippen molar-refractivity contribution in [1.82, 2.24) is 10.3 Å². The highest BCUT2D eigenvalue weighted by Gasteiger charge is 2.22. The maximum absolute atomic E-state index is 12.6. The van der Waals surface area contributed by atoms with Crippen LogP contribution in [0.1, 0.15) is 62.8 Å². The van der Waals surface area contributed by atoms with Crippen LogP contribution in [0, 0.1) is 5.92 Å². The summed E-state index contributed by atoms with van der Waals surface area (Å²) in [6, 6.07) is 15.3. The minimum atomic E-state index is -0.432. The summed E-state index contributed by atoms with van der Waals surface area (Å²) in [4.78, 5) is 16.9. The lowest BCUT2D eigenvalue weighted by atomic mass is 9.93. The molecule has 4 nitrogen and oxygen atoms in total. The Balaban J connectivity index is 2.05. The van der Waals surface area contributed by atoms with Crippen LogP contribution in [0.5, 0.6) is 5.75 Å². The second kappa shape index (κ2) is 8.42. The van der Waals surface area contributed by atoms with E-state index in [-0.39, 0.29) is 17.6 Å². The van der Waals surface area contributed by atoms with Crippen LogP contribution in [0.15, 0.2) is 54.7 Å². The molecule has 3 rings (SSSR count). The molecule has 0 bridgehead atoms. The van der Waals surface area contributed by atoms with E-state index in [4.69, 9.17) is 0 Å². The lowest BCUT2D eigenvalue weighted by Gasteiger charge is -2.22. The molecule has 3 aromatic rings. The SMILES string of the molecule is CC(C)CC(=O)NC(c1ccc(C(C)C)cc1)c1ccc2cccnc2c1O. The average Bonchev–Trinajstić information content (AvgIpc) is 2.66. The van der Waals surface area contributed by atoms with Gasteiger partial charge in [-0.3, -0.25) is 9.78 Å². The zero-order chi connectivity index (χ0) is 20.3. The molecule has 28 heavy (non-hydrogen) atoms. The first kappa shape index (κ1) is 19.9. The van der Waals surface area contributed by atoms with E-state index >= 15 is 0 Å². The maximum Gasteiger partial charge on any atom is 0.221 e. The molecule has 2 aromatic carbocycles. The van der Waals surface area contributed by atoms with Gasteiger partial charge in [-0.05, 0) is 29.0 Å². The van der Waals surface area contributed by atoms with Crippen LogP contribution in [0.2, 0.25) is 0 Å². The van der Waals surface area contributed by atoms with E-state index in [0.29, 0.717) is 23.4 Å². The molecule has 0 saturated heterocycles. The zero-order valence-corrected chi connectivity index (χ0v) is 16.9. The van der Waals surface area contributed by atoms with Gasteiger partial charge < -0.3 is 10.4 Å². The molecule has 2 N–H and O–H groups in total. The normalized spacial score (nSPS) is 12.5. The van der Waals surface area contributed by atoms with Gasteiger partial charge in [0.1, 0.15) is 11.3 Å². The third-order valence-corrected chi connectivity index (χ3v) is 4.93. The molecule has 1 atom stereocenters. The number of rotatable bonds is 6. The summed E-state index contributed by atoms with van der Waals surface area (Å²) in [5.41, 5.74) is 3.37. The number of amides is 1. The Morgan fingerprint density at radius 2 is 1.68 bits per heavy atom. The van der Waals surface area contributed by atoms with Crippen molar-refractivity contribution in [2.75, 3.05) is 0 Å². The lowest BCUT2D eigenvalue weighted by Crippen LogP contribution is -2.30. The topological polar surface area (TPSA) is 62.2 Å². The molecule has 0 radical (unpaired) electrons. The number of nitrogens with one attached hydrogen (secondary N) is 1. The Hall–Kier alpha value is -2.88. The van der Waals surface area contributed by atoms with Crippen molar-refractivity contribution in [2.45, 2.75) is 46.1 Å². The highest BCUT2D eigenvalue weighted by atomic mass is 16.3. The van der Waals surface area contributed by atoms with Gasteiger partial charge >= 0.3 is 0 Å². The number of aromatic nitrogens is 1. The van der Waals surface area contributed by atoms with Crippen molar-refractivity contribution >= 4 is 16.8 Å². The van der Waals surface area contributed by atoms with Gasteiger partial charge in [0.15, 0.2) is 0 Å². The van der Waals surface area contributed by atoms with Gasteiger partial charge in [0.25, 0.3) is 0 Å². The smallest absolute Gasteiger partial charge is 0.221 e. The van der Waals surface area contributed by atoms with Crippen LogP contribution in [0.4, 0.5) is 0 Å². The van der Waals surface area contributed by atoms with E-state index in [2.05, 4.69) is 36.3 Å². The second-order valence-corrected chi connectivity index (χ2v) is 8.00. The molecule has 0 aliphatic carbocycles. The van der Waals surface area contributed by atoms with Crippen molar-refractivity contribution in [1.29, 1.82) is 0 Å². The van der Waals surface area contributed by atoms with E-state index in [0.717, 1.165) is 10.9 Å². The highest BCUT2D eigenvalue weighted by molar-refractivity contribution is 5.86. The molecule has 0 aliphatic heterocycles. The summed E-state index contributed by atoms with van der Waals surface area (Å²) >= 11 is 0. The second-order valence-electron chi connectivity index (χ2n) is 8.00. The molecule has 1 aromatic heterocycles. The van der Waals surface area contributed by atoms with E-state index in [1.807, 2.05) is 50.2 Å².